The summed E-state index contributed by atoms with van der Waals surface area (Å²) >= 11 is 1.56. The number of benzene rings is 1. The van der Waals surface area contributed by atoms with E-state index in [1.807, 2.05) is 25.8 Å². The van der Waals surface area contributed by atoms with E-state index in [1.54, 1.807) is 23.5 Å². The molecule has 0 unspecified atom stereocenters. The number of carboxylic acid groups (broad SMARTS) is 1. The molecule has 2 heterocycles. The van der Waals surface area contributed by atoms with Crippen LogP contribution in [0, 0.1) is 19.7 Å². The minimum atomic E-state index is -0.853. The van der Waals surface area contributed by atoms with E-state index in [9.17, 15) is 9.18 Å². The highest BCUT2D eigenvalue weighted by Crippen LogP contribution is 2.41. The summed E-state index contributed by atoms with van der Waals surface area (Å²) in [6.45, 7) is 4.17. The van der Waals surface area contributed by atoms with Crippen LogP contribution in [0.15, 0.2) is 24.3 Å². The number of hydrogen-bond acceptors (Lipinski definition) is 5. The Morgan fingerprint density at radius 1 is 1.24 bits per heavy atom. The Kier molecular flexibility index (Phi) is 4.67. The van der Waals surface area contributed by atoms with Gasteiger partial charge in [0.25, 0.3) is 0 Å². The zero-order chi connectivity index (χ0) is 18.1. The van der Waals surface area contributed by atoms with Crippen molar-refractivity contribution in [1.82, 2.24) is 9.97 Å². The maximum Gasteiger partial charge on any atom is 0.305 e. The fraction of sp³-hybridized carbons (Fsp3) is 0.278. The van der Waals surface area contributed by atoms with Crippen LogP contribution in [0.5, 0.6) is 0 Å². The molecule has 130 valence electrons. The third kappa shape index (κ3) is 3.46. The number of aromatic nitrogens is 2. The summed E-state index contributed by atoms with van der Waals surface area (Å²) in [7, 11) is 1.82. The lowest BCUT2D eigenvalue weighted by molar-refractivity contribution is -0.136. The first-order valence-electron chi connectivity index (χ1n) is 7.83. The number of carbonyl (C=O) groups is 1. The molecule has 0 bridgehead atoms. The highest BCUT2D eigenvalue weighted by atomic mass is 32.1. The van der Waals surface area contributed by atoms with Crippen molar-refractivity contribution in [2.24, 2.45) is 0 Å². The molecule has 0 saturated heterocycles. The van der Waals surface area contributed by atoms with Crippen LogP contribution in [0.4, 0.5) is 10.2 Å². The summed E-state index contributed by atoms with van der Waals surface area (Å²) in [6.07, 6.45) is 0.0239. The van der Waals surface area contributed by atoms with Crippen LogP contribution in [-0.4, -0.2) is 34.6 Å². The predicted molar refractivity (Wildman–Crippen MR) is 97.8 cm³/mol. The molecule has 2 aromatic heterocycles. The monoisotopic (exact) mass is 359 g/mol. The van der Waals surface area contributed by atoms with Gasteiger partial charge in [-0.2, -0.15) is 0 Å². The van der Waals surface area contributed by atoms with Crippen LogP contribution in [0.2, 0.25) is 0 Å². The summed E-state index contributed by atoms with van der Waals surface area (Å²) in [5.41, 5.74) is 1.86. The van der Waals surface area contributed by atoms with Gasteiger partial charge in [0.05, 0.1) is 11.8 Å². The first-order valence-corrected chi connectivity index (χ1v) is 8.65. The van der Waals surface area contributed by atoms with E-state index in [4.69, 9.17) is 5.11 Å². The van der Waals surface area contributed by atoms with Gasteiger partial charge in [0.2, 0.25) is 0 Å². The summed E-state index contributed by atoms with van der Waals surface area (Å²) < 4.78 is 13.3. The van der Waals surface area contributed by atoms with E-state index >= 15 is 0 Å². The number of halogens is 1. The number of aliphatic carboxylic acids is 1. The highest BCUT2D eigenvalue weighted by molar-refractivity contribution is 7.19. The molecular weight excluding hydrogens is 341 g/mol. The quantitative estimate of drug-likeness (QED) is 0.745. The van der Waals surface area contributed by atoms with E-state index in [0.29, 0.717) is 18.2 Å². The number of carboxylic acids is 1. The molecule has 5 nitrogen and oxygen atoms in total. The van der Waals surface area contributed by atoms with Crippen molar-refractivity contribution in [3.63, 3.8) is 0 Å². The van der Waals surface area contributed by atoms with Crippen LogP contribution < -0.4 is 4.90 Å². The van der Waals surface area contributed by atoms with Gasteiger partial charge in [-0.05, 0) is 31.5 Å². The van der Waals surface area contributed by atoms with Gasteiger partial charge in [0.1, 0.15) is 22.3 Å². The normalized spacial score (nSPS) is 11.0. The van der Waals surface area contributed by atoms with Crippen LogP contribution in [0.3, 0.4) is 0 Å². The Hall–Kier alpha value is -2.54. The van der Waals surface area contributed by atoms with Crippen LogP contribution in [0.25, 0.3) is 21.3 Å². The molecule has 0 aliphatic carbocycles. The fourth-order valence-electron chi connectivity index (χ4n) is 2.81. The SMILES string of the molecule is Cc1nc(N(C)CCC(=O)O)c2c(-c3ccc(F)cc3)c(C)sc2n1. The smallest absolute Gasteiger partial charge is 0.305 e. The van der Waals surface area contributed by atoms with Crippen LogP contribution >= 0.6 is 11.3 Å². The van der Waals surface area contributed by atoms with Crippen molar-refractivity contribution in [2.75, 3.05) is 18.5 Å². The molecular formula is C18H18FN3O2S. The summed E-state index contributed by atoms with van der Waals surface area (Å²) in [5, 5.41) is 9.83. The van der Waals surface area contributed by atoms with Crippen molar-refractivity contribution < 1.29 is 14.3 Å². The molecule has 1 aromatic carbocycles. The van der Waals surface area contributed by atoms with Gasteiger partial charge in [-0.3, -0.25) is 4.79 Å². The first-order chi connectivity index (χ1) is 11.9. The Morgan fingerprint density at radius 2 is 1.92 bits per heavy atom. The Labute approximate surface area is 148 Å². The van der Waals surface area contributed by atoms with Crippen LogP contribution in [-0.2, 0) is 4.79 Å². The molecule has 1 N–H and O–H groups in total. The van der Waals surface area contributed by atoms with Crippen molar-refractivity contribution in [2.45, 2.75) is 20.3 Å². The number of aryl methyl sites for hydroxylation is 2. The molecule has 0 fully saturated rings. The van der Waals surface area contributed by atoms with Gasteiger partial charge >= 0.3 is 5.97 Å². The average molecular weight is 359 g/mol. The fourth-order valence-corrected chi connectivity index (χ4v) is 3.89. The third-order valence-corrected chi connectivity index (χ3v) is 4.97. The average Bonchev–Trinajstić information content (AvgIpc) is 2.88. The Morgan fingerprint density at radius 3 is 2.56 bits per heavy atom. The lowest BCUT2D eigenvalue weighted by Gasteiger charge is -2.19. The van der Waals surface area contributed by atoms with Gasteiger partial charge < -0.3 is 10.0 Å². The number of nitrogens with zero attached hydrogens (tertiary/aromatic N) is 3. The van der Waals surface area contributed by atoms with E-state index in [2.05, 4.69) is 9.97 Å². The maximum atomic E-state index is 13.3. The Bertz CT molecular complexity index is 938. The zero-order valence-electron chi connectivity index (χ0n) is 14.2. The lowest BCUT2D eigenvalue weighted by Crippen LogP contribution is -2.22. The standard InChI is InChI=1S/C18H18FN3O2S/c1-10-15(12-4-6-13(19)7-5-12)16-17(22(3)9-8-14(23)24)20-11(2)21-18(16)25-10/h4-7H,8-9H2,1-3H3,(H,23,24). The third-order valence-electron chi connectivity index (χ3n) is 3.98. The lowest BCUT2D eigenvalue weighted by atomic mass is 10.0. The van der Waals surface area contributed by atoms with Gasteiger partial charge in [0.15, 0.2) is 0 Å². The molecule has 3 aromatic rings. The maximum absolute atomic E-state index is 13.3. The highest BCUT2D eigenvalue weighted by Gasteiger charge is 2.20. The number of thiophene rings is 1. The molecule has 25 heavy (non-hydrogen) atoms. The molecule has 0 amide bonds. The molecule has 0 atom stereocenters. The number of rotatable bonds is 5. The predicted octanol–water partition coefficient (Wildman–Crippen LogP) is 4.03. The van der Waals surface area contributed by atoms with E-state index in [-0.39, 0.29) is 12.2 Å². The number of hydrogen-bond donors (Lipinski definition) is 1. The second-order valence-electron chi connectivity index (χ2n) is 5.88. The van der Waals surface area contributed by atoms with Crippen molar-refractivity contribution in [1.29, 1.82) is 0 Å². The van der Waals surface area contributed by atoms with Gasteiger partial charge in [-0.15, -0.1) is 11.3 Å². The minimum absolute atomic E-state index is 0.0239. The van der Waals surface area contributed by atoms with Crippen molar-refractivity contribution in [3.8, 4) is 11.1 Å². The summed E-state index contributed by atoms with van der Waals surface area (Å²) in [4.78, 5) is 23.7. The van der Waals surface area contributed by atoms with E-state index in [1.165, 1.54) is 12.1 Å². The van der Waals surface area contributed by atoms with Gasteiger partial charge in [-0.25, -0.2) is 14.4 Å². The molecule has 0 spiro atoms. The first kappa shape index (κ1) is 17.3. The Balaban J connectivity index is 2.19. The van der Waals surface area contributed by atoms with E-state index in [0.717, 1.165) is 26.2 Å². The topological polar surface area (TPSA) is 66.3 Å². The van der Waals surface area contributed by atoms with Gasteiger partial charge in [0, 0.05) is 24.0 Å². The molecule has 0 saturated carbocycles. The molecule has 0 radical (unpaired) electrons. The largest absolute Gasteiger partial charge is 0.481 e. The summed E-state index contributed by atoms with van der Waals surface area (Å²) in [5.74, 6) is 0.199. The van der Waals surface area contributed by atoms with Crippen molar-refractivity contribution in [3.05, 3.63) is 40.8 Å². The second kappa shape index (κ2) is 6.76. The molecule has 7 heteroatoms. The number of anilines is 1. The van der Waals surface area contributed by atoms with Gasteiger partial charge in [-0.1, -0.05) is 12.1 Å². The molecule has 0 aliphatic heterocycles. The number of fused-ring (bicyclic) bond motifs is 1. The second-order valence-corrected chi connectivity index (χ2v) is 7.08. The van der Waals surface area contributed by atoms with E-state index < -0.39 is 5.97 Å². The van der Waals surface area contributed by atoms with Crippen molar-refractivity contribution >= 4 is 33.3 Å². The summed E-state index contributed by atoms with van der Waals surface area (Å²) in [6, 6.07) is 6.34. The molecule has 0 aliphatic rings. The minimum Gasteiger partial charge on any atom is -0.481 e. The zero-order valence-corrected chi connectivity index (χ0v) is 15.0. The molecule has 3 rings (SSSR count). The van der Waals surface area contributed by atoms with Crippen LogP contribution in [0.1, 0.15) is 17.1 Å².